The van der Waals surface area contributed by atoms with Gasteiger partial charge in [-0.2, -0.15) is 0 Å². The van der Waals surface area contributed by atoms with Crippen molar-refractivity contribution in [1.82, 2.24) is 9.59 Å². The van der Waals surface area contributed by atoms with E-state index >= 15 is 0 Å². The molecule has 0 bridgehead atoms. The molecule has 0 atom stereocenters. The Labute approximate surface area is 59.3 Å². The molecule has 0 saturated heterocycles. The van der Waals surface area contributed by atoms with Gasteiger partial charge in [0.25, 0.3) is 0 Å². The molecule has 0 unspecified atom stereocenters. The second-order valence-electron chi connectivity index (χ2n) is 1.81. The molecule has 0 aliphatic carbocycles. The molecule has 1 aromatic rings. The van der Waals surface area contributed by atoms with Crippen LogP contribution in [0.4, 0.5) is 12.9 Å². The van der Waals surface area contributed by atoms with Gasteiger partial charge < -0.3 is 12.9 Å². The molecule has 0 amide bonds. The van der Waals surface area contributed by atoms with Gasteiger partial charge in [0.05, 0.1) is 0 Å². The fraction of sp³-hybridized carbons (Fsp3) is 0.333. The quantitative estimate of drug-likeness (QED) is 0.623. The number of rotatable bonds is 2. The number of halogens is 3. The Kier molecular flexibility index (Phi) is 1.93. The summed E-state index contributed by atoms with van der Waals surface area (Å²) in [6.07, 6.45) is -0.920. The van der Waals surface area contributed by atoms with Crippen molar-refractivity contribution in [3.63, 3.8) is 0 Å². The highest BCUT2D eigenvalue weighted by Crippen LogP contribution is 2.14. The standard InChI is InChI=1S/C3H3BF3N2S/c5-4(6,7)1-3-2-10-9-8-3/h2H,1H2/q-1. The average Bonchev–Trinajstić information content (AvgIpc) is 2.12. The van der Waals surface area contributed by atoms with Gasteiger partial charge in [-0.25, -0.2) is 0 Å². The highest BCUT2D eigenvalue weighted by atomic mass is 32.1. The normalized spacial score (nSPS) is 11.9. The molecule has 56 valence electrons. The maximum Gasteiger partial charge on any atom is 0.484 e. The van der Waals surface area contributed by atoms with Gasteiger partial charge in [-0.15, -0.1) is 5.10 Å². The number of aromatic nitrogens is 2. The molecular formula is C3H3BF3N2S-. The van der Waals surface area contributed by atoms with Crippen LogP contribution in [0.1, 0.15) is 5.69 Å². The molecule has 0 aliphatic heterocycles. The lowest BCUT2D eigenvalue weighted by Gasteiger charge is -2.09. The summed E-state index contributed by atoms with van der Waals surface area (Å²) in [7, 11) is 0. The van der Waals surface area contributed by atoms with Crippen molar-refractivity contribution >= 4 is 18.5 Å². The first-order valence-electron chi connectivity index (χ1n) is 2.55. The Bertz CT molecular complexity index is 196. The van der Waals surface area contributed by atoms with Crippen molar-refractivity contribution in [3.05, 3.63) is 11.1 Å². The lowest BCUT2D eigenvalue weighted by atomic mass is 9.85. The van der Waals surface area contributed by atoms with Crippen LogP contribution in [0.2, 0.25) is 0 Å². The van der Waals surface area contributed by atoms with Crippen molar-refractivity contribution in [2.45, 2.75) is 6.32 Å². The molecular weight excluding hydrogens is 164 g/mol. The third-order valence-corrected chi connectivity index (χ3v) is 1.40. The lowest BCUT2D eigenvalue weighted by Crippen LogP contribution is -2.19. The molecule has 0 radical (unpaired) electrons. The van der Waals surface area contributed by atoms with Crippen LogP contribution in [0.15, 0.2) is 5.38 Å². The molecule has 0 N–H and O–H groups in total. The second kappa shape index (κ2) is 2.57. The molecule has 1 aromatic heterocycles. The van der Waals surface area contributed by atoms with Crippen molar-refractivity contribution in [3.8, 4) is 0 Å². The minimum atomic E-state index is -4.75. The van der Waals surface area contributed by atoms with Crippen LogP contribution in [-0.4, -0.2) is 16.6 Å². The van der Waals surface area contributed by atoms with Crippen molar-refractivity contribution in [1.29, 1.82) is 0 Å². The first-order valence-corrected chi connectivity index (χ1v) is 3.38. The van der Waals surface area contributed by atoms with E-state index in [9.17, 15) is 12.9 Å². The number of nitrogens with zero attached hydrogens (tertiary/aromatic N) is 2. The monoisotopic (exact) mass is 167 g/mol. The van der Waals surface area contributed by atoms with E-state index in [1.54, 1.807) is 0 Å². The SMILES string of the molecule is F[B-](F)(F)Cc1csnn1. The maximum absolute atomic E-state index is 11.6. The fourth-order valence-electron chi connectivity index (χ4n) is 0.510. The number of hydrogen-bond acceptors (Lipinski definition) is 3. The summed E-state index contributed by atoms with van der Waals surface area (Å²) in [6, 6.07) is 0. The Morgan fingerprint density at radius 3 is 2.60 bits per heavy atom. The largest absolute Gasteiger partial charge is 0.484 e. The van der Waals surface area contributed by atoms with E-state index in [0.29, 0.717) is 0 Å². The van der Waals surface area contributed by atoms with Crippen LogP contribution in [-0.2, 0) is 6.32 Å². The Morgan fingerprint density at radius 2 is 2.20 bits per heavy atom. The summed E-state index contributed by atoms with van der Waals surface area (Å²) >= 11 is 0.929. The van der Waals surface area contributed by atoms with Crippen molar-refractivity contribution < 1.29 is 12.9 Å². The Hall–Kier alpha value is -0.585. The predicted octanol–water partition coefficient (Wildman–Crippen LogP) is 1.47. The van der Waals surface area contributed by atoms with Crippen LogP contribution in [0.25, 0.3) is 0 Å². The van der Waals surface area contributed by atoms with Crippen LogP contribution >= 0.6 is 11.5 Å². The van der Waals surface area contributed by atoms with E-state index in [-0.39, 0.29) is 5.69 Å². The van der Waals surface area contributed by atoms with E-state index in [1.807, 2.05) is 0 Å². The third-order valence-electron chi connectivity index (χ3n) is 0.846. The first kappa shape index (κ1) is 7.52. The Balaban J connectivity index is 2.57. The van der Waals surface area contributed by atoms with Crippen LogP contribution in [0, 0.1) is 0 Å². The zero-order chi connectivity index (χ0) is 7.61. The van der Waals surface area contributed by atoms with Gasteiger partial charge in [0.1, 0.15) is 0 Å². The minimum absolute atomic E-state index is 0.0116. The summed E-state index contributed by atoms with van der Waals surface area (Å²) < 4.78 is 38.2. The molecule has 0 fully saturated rings. The molecule has 0 spiro atoms. The Morgan fingerprint density at radius 1 is 1.50 bits per heavy atom. The topological polar surface area (TPSA) is 25.8 Å². The predicted molar refractivity (Wildman–Crippen MR) is 32.7 cm³/mol. The molecule has 2 nitrogen and oxygen atoms in total. The second-order valence-corrected chi connectivity index (χ2v) is 2.42. The summed E-state index contributed by atoms with van der Waals surface area (Å²) in [5.41, 5.74) is 0.0116. The summed E-state index contributed by atoms with van der Waals surface area (Å²) in [4.78, 5) is 0. The zero-order valence-electron chi connectivity index (χ0n) is 4.80. The van der Waals surface area contributed by atoms with E-state index in [0.717, 1.165) is 11.5 Å². The van der Waals surface area contributed by atoms with Gasteiger partial charge in [0.2, 0.25) is 0 Å². The van der Waals surface area contributed by atoms with Gasteiger partial charge in [0.15, 0.2) is 0 Å². The van der Waals surface area contributed by atoms with Gasteiger partial charge in [-0.3, -0.25) is 0 Å². The molecule has 7 heteroatoms. The van der Waals surface area contributed by atoms with E-state index in [2.05, 4.69) is 9.59 Å². The lowest BCUT2D eigenvalue weighted by molar-refractivity contribution is 0.467. The zero-order valence-corrected chi connectivity index (χ0v) is 5.61. The molecule has 0 aliphatic rings. The van der Waals surface area contributed by atoms with Crippen LogP contribution in [0.5, 0.6) is 0 Å². The first-order chi connectivity index (χ1) is 4.58. The summed E-state index contributed by atoms with van der Waals surface area (Å²) in [5.74, 6) is 0. The van der Waals surface area contributed by atoms with E-state index in [4.69, 9.17) is 0 Å². The maximum atomic E-state index is 11.6. The molecule has 0 aromatic carbocycles. The smallest absolute Gasteiger partial charge is 0.449 e. The van der Waals surface area contributed by atoms with Crippen LogP contribution < -0.4 is 0 Å². The summed E-state index contributed by atoms with van der Waals surface area (Å²) in [5, 5.41) is 4.57. The number of hydrogen-bond donors (Lipinski definition) is 0. The highest BCUT2D eigenvalue weighted by molar-refractivity contribution is 7.03. The average molecular weight is 167 g/mol. The van der Waals surface area contributed by atoms with Gasteiger partial charge in [-0.05, 0) is 17.9 Å². The molecule has 1 heterocycles. The van der Waals surface area contributed by atoms with Crippen LogP contribution in [0.3, 0.4) is 0 Å². The van der Waals surface area contributed by atoms with Crippen molar-refractivity contribution in [2.75, 3.05) is 0 Å². The van der Waals surface area contributed by atoms with E-state index in [1.165, 1.54) is 5.38 Å². The fourth-order valence-corrected chi connectivity index (χ4v) is 0.974. The molecule has 1 rings (SSSR count). The van der Waals surface area contributed by atoms with Gasteiger partial charge in [0, 0.05) is 11.1 Å². The van der Waals surface area contributed by atoms with E-state index < -0.39 is 13.3 Å². The minimum Gasteiger partial charge on any atom is -0.449 e. The molecule has 0 saturated carbocycles. The van der Waals surface area contributed by atoms with Gasteiger partial charge in [-0.1, -0.05) is 4.49 Å². The summed E-state index contributed by atoms with van der Waals surface area (Å²) in [6.45, 7) is -4.75. The third kappa shape index (κ3) is 2.34. The van der Waals surface area contributed by atoms with Crippen molar-refractivity contribution in [2.24, 2.45) is 0 Å². The molecule has 10 heavy (non-hydrogen) atoms. The van der Waals surface area contributed by atoms with Gasteiger partial charge >= 0.3 is 6.98 Å². The highest BCUT2D eigenvalue weighted by Gasteiger charge is 2.24.